The van der Waals surface area contributed by atoms with Crippen LogP contribution in [0.2, 0.25) is 0 Å². The number of carboxylic acids is 1. The molecule has 0 fully saturated rings. The molecule has 162 valence electrons. The van der Waals surface area contributed by atoms with Gasteiger partial charge < -0.3 is 25.1 Å². The van der Waals surface area contributed by atoms with Crippen molar-refractivity contribution in [2.75, 3.05) is 6.79 Å². The first-order valence-electron chi connectivity index (χ1n) is 9.98. The second-order valence-electron chi connectivity index (χ2n) is 7.21. The van der Waals surface area contributed by atoms with Gasteiger partial charge in [-0.05, 0) is 65.6 Å². The van der Waals surface area contributed by atoms with E-state index in [4.69, 9.17) is 19.9 Å². The summed E-state index contributed by atoms with van der Waals surface area (Å²) in [6.07, 6.45) is 2.47. The van der Waals surface area contributed by atoms with Crippen molar-refractivity contribution in [2.45, 2.75) is 12.8 Å². The van der Waals surface area contributed by atoms with E-state index in [0.29, 0.717) is 47.0 Å². The first kappa shape index (κ1) is 21.0. The van der Waals surface area contributed by atoms with Gasteiger partial charge >= 0.3 is 5.97 Å². The van der Waals surface area contributed by atoms with Crippen LogP contribution in [0.15, 0.2) is 66.7 Å². The minimum Gasteiger partial charge on any atom is -0.478 e. The zero-order chi connectivity index (χ0) is 22.5. The zero-order valence-electron chi connectivity index (χ0n) is 17.1. The highest BCUT2D eigenvalue weighted by Gasteiger charge is 2.15. The number of fused-ring (bicyclic) bond motifs is 1. The van der Waals surface area contributed by atoms with E-state index in [9.17, 15) is 14.7 Å². The van der Waals surface area contributed by atoms with Crippen LogP contribution in [0.3, 0.4) is 0 Å². The molecule has 0 radical (unpaired) electrons. The number of benzene rings is 3. The summed E-state index contributed by atoms with van der Waals surface area (Å²) < 4.78 is 16.5. The monoisotopic (exact) mass is 431 g/mol. The molecule has 1 amide bonds. The topological polar surface area (TPSA) is 108 Å². The SMILES string of the molecule is NC(=O)CCc1ccc(Oc2ccc(C(=Cc3ccc4c(c3)OCO4)C(=O)O)cc2)cc1. The van der Waals surface area contributed by atoms with Gasteiger partial charge in [-0.25, -0.2) is 4.79 Å². The number of carbonyl (C=O) groups is 2. The molecule has 0 saturated carbocycles. The van der Waals surface area contributed by atoms with Crippen molar-refractivity contribution in [3.05, 3.63) is 83.4 Å². The average molecular weight is 431 g/mol. The van der Waals surface area contributed by atoms with E-state index >= 15 is 0 Å². The molecular formula is C25H21NO6. The number of carbonyl (C=O) groups excluding carboxylic acids is 1. The molecule has 0 bridgehead atoms. The van der Waals surface area contributed by atoms with Gasteiger partial charge in [0.15, 0.2) is 11.5 Å². The van der Waals surface area contributed by atoms with Crippen LogP contribution in [0.5, 0.6) is 23.0 Å². The standard InChI is InChI=1S/C25H21NO6/c26-24(27)12-4-16-1-7-19(8-2-16)32-20-9-5-18(6-10-20)21(25(28)29)13-17-3-11-22-23(14-17)31-15-30-22/h1-3,5-11,13-14H,4,12,15H2,(H2,26,27)(H,28,29). The molecule has 0 atom stereocenters. The van der Waals surface area contributed by atoms with Crippen LogP contribution in [0.4, 0.5) is 0 Å². The summed E-state index contributed by atoms with van der Waals surface area (Å²) in [5, 5.41) is 9.71. The lowest BCUT2D eigenvalue weighted by Crippen LogP contribution is -2.11. The van der Waals surface area contributed by atoms with Crippen molar-refractivity contribution in [1.82, 2.24) is 0 Å². The first-order chi connectivity index (χ1) is 15.5. The van der Waals surface area contributed by atoms with Crippen LogP contribution in [0, 0.1) is 0 Å². The molecule has 3 N–H and O–H groups in total. The zero-order valence-corrected chi connectivity index (χ0v) is 17.1. The van der Waals surface area contributed by atoms with Gasteiger partial charge in [-0.15, -0.1) is 0 Å². The Kier molecular flexibility index (Phi) is 6.07. The van der Waals surface area contributed by atoms with Crippen LogP contribution >= 0.6 is 0 Å². The van der Waals surface area contributed by atoms with Crippen molar-refractivity contribution in [3.63, 3.8) is 0 Å². The Balaban J connectivity index is 1.47. The fourth-order valence-corrected chi connectivity index (χ4v) is 3.27. The Labute approximate surface area is 184 Å². The van der Waals surface area contributed by atoms with E-state index in [0.717, 1.165) is 5.56 Å². The Morgan fingerprint density at radius 2 is 1.59 bits per heavy atom. The van der Waals surface area contributed by atoms with E-state index in [1.165, 1.54) is 0 Å². The van der Waals surface area contributed by atoms with Gasteiger partial charge in [-0.2, -0.15) is 0 Å². The summed E-state index contributed by atoms with van der Waals surface area (Å²) in [5.74, 6) is 1.07. The Bertz CT molecular complexity index is 1170. The number of amides is 1. The Morgan fingerprint density at radius 1 is 0.938 bits per heavy atom. The van der Waals surface area contributed by atoms with Gasteiger partial charge in [0.2, 0.25) is 12.7 Å². The third kappa shape index (κ3) is 5.07. The van der Waals surface area contributed by atoms with Gasteiger partial charge in [0, 0.05) is 6.42 Å². The van der Waals surface area contributed by atoms with Crippen molar-refractivity contribution < 1.29 is 28.9 Å². The number of rotatable bonds is 8. The third-order valence-corrected chi connectivity index (χ3v) is 4.92. The Hall–Kier alpha value is -4.26. The maximum Gasteiger partial charge on any atom is 0.336 e. The third-order valence-electron chi connectivity index (χ3n) is 4.92. The van der Waals surface area contributed by atoms with Gasteiger partial charge in [-0.3, -0.25) is 4.79 Å². The number of ether oxygens (including phenoxy) is 3. The maximum absolute atomic E-state index is 11.9. The molecule has 1 aliphatic heterocycles. The van der Waals surface area contributed by atoms with Crippen LogP contribution in [0.25, 0.3) is 11.6 Å². The normalized spacial score (nSPS) is 12.4. The molecule has 0 unspecified atom stereocenters. The molecule has 3 aromatic carbocycles. The highest BCUT2D eigenvalue weighted by Crippen LogP contribution is 2.34. The number of primary amides is 1. The van der Waals surface area contributed by atoms with Gasteiger partial charge in [0.25, 0.3) is 0 Å². The molecule has 1 aliphatic rings. The summed E-state index contributed by atoms with van der Waals surface area (Å²) in [4.78, 5) is 22.7. The van der Waals surface area contributed by atoms with E-state index < -0.39 is 5.97 Å². The van der Waals surface area contributed by atoms with Gasteiger partial charge in [0.1, 0.15) is 11.5 Å². The number of hydrogen-bond acceptors (Lipinski definition) is 5. The molecule has 4 rings (SSSR count). The summed E-state index contributed by atoms with van der Waals surface area (Å²) in [6, 6.07) is 19.5. The van der Waals surface area contributed by atoms with E-state index in [1.807, 2.05) is 24.3 Å². The van der Waals surface area contributed by atoms with Gasteiger partial charge in [-0.1, -0.05) is 30.3 Å². The molecule has 0 aliphatic carbocycles. The fraction of sp³-hybridized carbons (Fsp3) is 0.120. The summed E-state index contributed by atoms with van der Waals surface area (Å²) in [5.41, 5.74) is 7.56. The number of aliphatic carboxylic acids is 1. The predicted octanol–water partition coefficient (Wildman–Crippen LogP) is 4.25. The maximum atomic E-state index is 11.9. The quantitative estimate of drug-likeness (QED) is 0.408. The number of hydrogen-bond donors (Lipinski definition) is 2. The van der Waals surface area contributed by atoms with E-state index in [1.54, 1.807) is 48.5 Å². The summed E-state index contributed by atoms with van der Waals surface area (Å²) >= 11 is 0. The average Bonchev–Trinajstić information content (AvgIpc) is 3.25. The molecule has 0 aromatic heterocycles. The molecular weight excluding hydrogens is 410 g/mol. The van der Waals surface area contributed by atoms with Crippen molar-refractivity contribution in [1.29, 1.82) is 0 Å². The Morgan fingerprint density at radius 3 is 2.25 bits per heavy atom. The second kappa shape index (κ2) is 9.26. The lowest BCUT2D eigenvalue weighted by molar-refractivity contribution is -0.130. The predicted molar refractivity (Wildman–Crippen MR) is 119 cm³/mol. The van der Waals surface area contributed by atoms with Crippen LogP contribution < -0.4 is 19.9 Å². The van der Waals surface area contributed by atoms with Crippen molar-refractivity contribution >= 4 is 23.5 Å². The van der Waals surface area contributed by atoms with Crippen LogP contribution in [-0.4, -0.2) is 23.8 Å². The van der Waals surface area contributed by atoms with E-state index in [-0.39, 0.29) is 18.3 Å². The van der Waals surface area contributed by atoms with Crippen molar-refractivity contribution in [2.24, 2.45) is 5.73 Å². The van der Waals surface area contributed by atoms with Crippen LogP contribution in [0.1, 0.15) is 23.1 Å². The van der Waals surface area contributed by atoms with E-state index in [2.05, 4.69) is 0 Å². The molecule has 32 heavy (non-hydrogen) atoms. The summed E-state index contributed by atoms with van der Waals surface area (Å²) in [7, 11) is 0. The fourth-order valence-electron chi connectivity index (χ4n) is 3.27. The highest BCUT2D eigenvalue weighted by molar-refractivity contribution is 6.20. The smallest absolute Gasteiger partial charge is 0.336 e. The molecule has 1 heterocycles. The second-order valence-corrected chi connectivity index (χ2v) is 7.21. The molecule has 0 saturated heterocycles. The highest BCUT2D eigenvalue weighted by atomic mass is 16.7. The number of carboxylic acid groups (broad SMARTS) is 1. The minimum absolute atomic E-state index is 0.147. The molecule has 3 aromatic rings. The molecule has 7 nitrogen and oxygen atoms in total. The van der Waals surface area contributed by atoms with Crippen molar-refractivity contribution in [3.8, 4) is 23.0 Å². The van der Waals surface area contributed by atoms with Crippen LogP contribution in [-0.2, 0) is 16.0 Å². The number of nitrogens with two attached hydrogens (primary N) is 1. The largest absolute Gasteiger partial charge is 0.478 e. The minimum atomic E-state index is -1.04. The first-order valence-corrected chi connectivity index (χ1v) is 9.98. The lowest BCUT2D eigenvalue weighted by Gasteiger charge is -2.09. The number of aryl methyl sites for hydroxylation is 1. The lowest BCUT2D eigenvalue weighted by atomic mass is 10.0. The summed E-state index contributed by atoms with van der Waals surface area (Å²) in [6.45, 7) is 0.159. The molecule has 7 heteroatoms. The van der Waals surface area contributed by atoms with Gasteiger partial charge in [0.05, 0.1) is 5.57 Å². The molecule has 0 spiro atoms.